The molecule has 0 saturated heterocycles. The number of nitro benzene ring substituents is 1. The minimum absolute atomic E-state index is 0.158. The van der Waals surface area contributed by atoms with Crippen molar-refractivity contribution in [3.8, 4) is 0 Å². The van der Waals surface area contributed by atoms with E-state index in [-0.39, 0.29) is 5.57 Å². The predicted molar refractivity (Wildman–Crippen MR) is 59.3 cm³/mol. The van der Waals surface area contributed by atoms with E-state index in [1.54, 1.807) is 0 Å². The second kappa shape index (κ2) is 4.02. The first-order valence-corrected chi connectivity index (χ1v) is 4.92. The van der Waals surface area contributed by atoms with E-state index in [0.29, 0.717) is 4.90 Å². The molecule has 18 heavy (non-hydrogen) atoms. The summed E-state index contributed by atoms with van der Waals surface area (Å²) in [5, 5.41) is 10.6. The van der Waals surface area contributed by atoms with E-state index in [1.807, 2.05) is 0 Å². The zero-order valence-corrected chi connectivity index (χ0v) is 9.21. The van der Waals surface area contributed by atoms with Gasteiger partial charge in [-0.15, -0.1) is 0 Å². The molecule has 0 fully saturated rings. The first-order chi connectivity index (χ1) is 8.41. The van der Waals surface area contributed by atoms with Crippen LogP contribution in [0.15, 0.2) is 29.8 Å². The van der Waals surface area contributed by atoms with Gasteiger partial charge in [0.05, 0.1) is 10.6 Å². The van der Waals surface area contributed by atoms with E-state index in [1.165, 1.54) is 6.92 Å². The number of imide groups is 1. The highest BCUT2D eigenvalue weighted by Gasteiger charge is 2.32. The Morgan fingerprint density at radius 2 is 2.00 bits per heavy atom. The molecule has 92 valence electrons. The van der Waals surface area contributed by atoms with Crippen LogP contribution in [0, 0.1) is 15.9 Å². The first-order valence-electron chi connectivity index (χ1n) is 4.92. The molecule has 0 radical (unpaired) electrons. The molecular weight excluding hydrogens is 243 g/mol. The topological polar surface area (TPSA) is 80.5 Å². The molecule has 1 aliphatic rings. The van der Waals surface area contributed by atoms with Crippen LogP contribution in [-0.4, -0.2) is 16.7 Å². The molecule has 0 N–H and O–H groups in total. The van der Waals surface area contributed by atoms with Crippen LogP contribution in [0.2, 0.25) is 0 Å². The lowest BCUT2D eigenvalue weighted by Gasteiger charge is -2.14. The molecular formula is C11H7FN2O4. The van der Waals surface area contributed by atoms with Crippen LogP contribution in [0.5, 0.6) is 0 Å². The lowest BCUT2D eigenvalue weighted by atomic mass is 10.2. The molecule has 1 aromatic carbocycles. The molecule has 0 atom stereocenters. The summed E-state index contributed by atoms with van der Waals surface area (Å²) in [5.41, 5.74) is -0.644. The lowest BCUT2D eigenvalue weighted by molar-refractivity contribution is -0.384. The van der Waals surface area contributed by atoms with Gasteiger partial charge in [0.25, 0.3) is 17.5 Å². The summed E-state index contributed by atoms with van der Waals surface area (Å²) < 4.78 is 13.6. The Morgan fingerprint density at radius 1 is 1.33 bits per heavy atom. The highest BCUT2D eigenvalue weighted by Crippen LogP contribution is 2.28. The van der Waals surface area contributed by atoms with Crippen molar-refractivity contribution < 1.29 is 18.9 Å². The van der Waals surface area contributed by atoms with Gasteiger partial charge in [-0.3, -0.25) is 19.7 Å². The predicted octanol–water partition coefficient (Wildman–Crippen LogP) is 1.55. The molecule has 2 amide bonds. The number of nitro groups is 1. The van der Waals surface area contributed by atoms with Crippen molar-refractivity contribution in [1.29, 1.82) is 0 Å². The quantitative estimate of drug-likeness (QED) is 0.453. The molecule has 0 aromatic heterocycles. The van der Waals surface area contributed by atoms with Gasteiger partial charge in [-0.1, -0.05) is 0 Å². The van der Waals surface area contributed by atoms with Crippen LogP contribution in [0.1, 0.15) is 6.92 Å². The minimum Gasteiger partial charge on any atom is -0.269 e. The standard InChI is InChI=1S/C11H7FN2O4/c1-6-4-10(15)13(11(6)16)9-5-7(14(17)18)2-3-8(9)12/h2-5H,1H3. The summed E-state index contributed by atoms with van der Waals surface area (Å²) in [6.07, 6.45) is 1.06. The number of hydrogen-bond donors (Lipinski definition) is 0. The third-order valence-electron chi connectivity index (χ3n) is 2.48. The van der Waals surface area contributed by atoms with E-state index < -0.39 is 33.9 Å². The molecule has 1 heterocycles. The average Bonchev–Trinajstić information content (AvgIpc) is 2.54. The van der Waals surface area contributed by atoms with Crippen molar-refractivity contribution in [3.05, 3.63) is 45.8 Å². The largest absolute Gasteiger partial charge is 0.271 e. The molecule has 2 rings (SSSR count). The maximum atomic E-state index is 13.6. The fourth-order valence-corrected chi connectivity index (χ4v) is 1.60. The molecule has 6 nitrogen and oxygen atoms in total. The number of rotatable bonds is 2. The maximum Gasteiger partial charge on any atom is 0.271 e. The van der Waals surface area contributed by atoms with Gasteiger partial charge in [-0.05, 0) is 13.0 Å². The van der Waals surface area contributed by atoms with Gasteiger partial charge in [-0.25, -0.2) is 9.29 Å². The van der Waals surface area contributed by atoms with Crippen LogP contribution < -0.4 is 4.90 Å². The van der Waals surface area contributed by atoms with E-state index >= 15 is 0 Å². The lowest BCUT2D eigenvalue weighted by Crippen LogP contribution is -2.31. The van der Waals surface area contributed by atoms with E-state index in [4.69, 9.17) is 0 Å². The third-order valence-corrected chi connectivity index (χ3v) is 2.48. The number of carbonyl (C=O) groups excluding carboxylic acids is 2. The van der Waals surface area contributed by atoms with Crippen molar-refractivity contribution in [3.63, 3.8) is 0 Å². The zero-order chi connectivity index (χ0) is 13.4. The summed E-state index contributed by atoms with van der Waals surface area (Å²) in [6, 6.07) is 2.67. The molecule has 0 unspecified atom stereocenters. The summed E-state index contributed by atoms with van der Waals surface area (Å²) in [7, 11) is 0. The SMILES string of the molecule is CC1=CC(=O)N(c2cc([N+](=O)[O-])ccc2F)C1=O. The van der Waals surface area contributed by atoms with Crippen molar-refractivity contribution in [2.75, 3.05) is 4.90 Å². The highest BCUT2D eigenvalue weighted by molar-refractivity contribution is 6.30. The number of halogens is 1. The van der Waals surface area contributed by atoms with Crippen molar-refractivity contribution in [1.82, 2.24) is 0 Å². The number of hydrogen-bond acceptors (Lipinski definition) is 4. The van der Waals surface area contributed by atoms with E-state index in [9.17, 15) is 24.1 Å². The molecule has 1 aliphatic heterocycles. The Morgan fingerprint density at radius 3 is 2.50 bits per heavy atom. The third kappa shape index (κ3) is 1.75. The van der Waals surface area contributed by atoms with Gasteiger partial charge in [0.15, 0.2) is 0 Å². The monoisotopic (exact) mass is 250 g/mol. The summed E-state index contributed by atoms with van der Waals surface area (Å²) in [5.74, 6) is -2.26. The van der Waals surface area contributed by atoms with Crippen LogP contribution >= 0.6 is 0 Å². The van der Waals surface area contributed by atoms with Gasteiger partial charge >= 0.3 is 0 Å². The van der Waals surface area contributed by atoms with E-state index in [0.717, 1.165) is 24.3 Å². The number of carbonyl (C=O) groups is 2. The number of benzene rings is 1. The summed E-state index contributed by atoms with van der Waals surface area (Å²) in [4.78, 5) is 33.6. The number of nitrogens with zero attached hydrogens (tertiary/aromatic N) is 2. The molecule has 7 heteroatoms. The van der Waals surface area contributed by atoms with E-state index in [2.05, 4.69) is 0 Å². The summed E-state index contributed by atoms with van der Waals surface area (Å²) >= 11 is 0. The Labute approximate surface area is 100 Å². The van der Waals surface area contributed by atoms with Gasteiger partial charge in [0.1, 0.15) is 5.82 Å². The molecule has 1 aromatic rings. The molecule has 0 saturated carbocycles. The summed E-state index contributed by atoms with van der Waals surface area (Å²) in [6.45, 7) is 1.41. The maximum absolute atomic E-state index is 13.6. The Bertz CT molecular complexity index is 609. The van der Waals surface area contributed by atoms with Crippen LogP contribution in [0.25, 0.3) is 0 Å². The van der Waals surface area contributed by atoms with Crippen LogP contribution in [0.4, 0.5) is 15.8 Å². The van der Waals surface area contributed by atoms with Gasteiger partial charge in [-0.2, -0.15) is 0 Å². The molecule has 0 bridgehead atoms. The molecule has 0 spiro atoms. The van der Waals surface area contributed by atoms with Crippen LogP contribution in [0.3, 0.4) is 0 Å². The van der Waals surface area contributed by atoms with Gasteiger partial charge in [0.2, 0.25) is 0 Å². The second-order valence-corrected chi connectivity index (χ2v) is 3.70. The Balaban J connectivity index is 2.52. The minimum atomic E-state index is -0.870. The first kappa shape index (κ1) is 11.9. The Hall–Kier alpha value is -2.57. The fraction of sp³-hybridized carbons (Fsp3) is 0.0909. The smallest absolute Gasteiger partial charge is 0.269 e. The number of non-ortho nitro benzene ring substituents is 1. The second-order valence-electron chi connectivity index (χ2n) is 3.70. The fourth-order valence-electron chi connectivity index (χ4n) is 1.60. The average molecular weight is 250 g/mol. The van der Waals surface area contributed by atoms with Crippen molar-refractivity contribution >= 4 is 23.2 Å². The normalized spacial score (nSPS) is 15.0. The Kier molecular flexibility index (Phi) is 2.66. The van der Waals surface area contributed by atoms with Gasteiger partial charge in [0, 0.05) is 23.8 Å². The number of anilines is 1. The van der Waals surface area contributed by atoms with Gasteiger partial charge < -0.3 is 0 Å². The molecule has 0 aliphatic carbocycles. The van der Waals surface area contributed by atoms with Crippen molar-refractivity contribution in [2.45, 2.75) is 6.92 Å². The zero-order valence-electron chi connectivity index (χ0n) is 9.21. The number of amides is 2. The highest BCUT2D eigenvalue weighted by atomic mass is 19.1. The van der Waals surface area contributed by atoms with Crippen molar-refractivity contribution in [2.24, 2.45) is 0 Å². The van der Waals surface area contributed by atoms with Crippen LogP contribution in [-0.2, 0) is 9.59 Å².